The molecule has 1 aliphatic heterocycles. The Balaban J connectivity index is 1.21. The van der Waals surface area contributed by atoms with Gasteiger partial charge in [0.1, 0.15) is 35.0 Å². The van der Waals surface area contributed by atoms with Crippen LogP contribution in [0.3, 0.4) is 0 Å². The number of carbonyl (C=O) groups is 1. The third-order valence-corrected chi connectivity index (χ3v) is 7.54. The number of nitrogens with zero attached hydrogens (tertiary/aromatic N) is 2. The number of carboxylic acid groups (broad SMARTS) is 1. The van der Waals surface area contributed by atoms with E-state index in [0.717, 1.165) is 17.7 Å². The first-order chi connectivity index (χ1) is 20.4. The molecule has 0 saturated heterocycles. The van der Waals surface area contributed by atoms with Gasteiger partial charge in [-0.25, -0.2) is 13.2 Å². The molecule has 6 rings (SSSR count). The summed E-state index contributed by atoms with van der Waals surface area (Å²) < 4.78 is 64.4. The molecule has 0 bridgehead atoms. The van der Waals surface area contributed by atoms with E-state index in [9.17, 15) is 9.90 Å². The maximum atomic E-state index is 15.2. The van der Waals surface area contributed by atoms with E-state index in [1.165, 1.54) is 29.2 Å². The van der Waals surface area contributed by atoms with E-state index >= 15 is 13.2 Å². The van der Waals surface area contributed by atoms with Gasteiger partial charge in [-0.15, -0.1) is 0 Å². The van der Waals surface area contributed by atoms with Crippen molar-refractivity contribution >= 4 is 5.97 Å². The molecule has 0 fully saturated rings. The molecule has 43 heavy (non-hydrogen) atoms. The molecule has 1 aromatic heterocycles. The Labute approximate surface area is 245 Å². The number of hydrogen-bond acceptors (Lipinski definition) is 6. The van der Waals surface area contributed by atoms with Gasteiger partial charge in [0.15, 0.2) is 11.6 Å². The second-order valence-electron chi connectivity index (χ2n) is 11.5. The normalized spacial score (nSPS) is 17.3. The lowest BCUT2D eigenvalue weighted by atomic mass is 9.98. The predicted octanol–water partition coefficient (Wildman–Crippen LogP) is 6.55. The Kier molecular flexibility index (Phi) is 7.29. The van der Waals surface area contributed by atoms with Crippen LogP contribution in [0.15, 0.2) is 54.9 Å². The van der Waals surface area contributed by atoms with E-state index in [1.54, 1.807) is 32.0 Å². The van der Waals surface area contributed by atoms with Crippen molar-refractivity contribution in [1.82, 2.24) is 9.78 Å². The summed E-state index contributed by atoms with van der Waals surface area (Å²) in [6, 6.07) is 9.68. The molecule has 0 spiro atoms. The average molecular weight is 595 g/mol. The van der Waals surface area contributed by atoms with Crippen LogP contribution in [0.1, 0.15) is 55.4 Å². The van der Waals surface area contributed by atoms with Gasteiger partial charge in [-0.1, -0.05) is 6.07 Å². The zero-order chi connectivity index (χ0) is 30.5. The summed E-state index contributed by atoms with van der Waals surface area (Å²) in [5.74, 6) is -2.39. The van der Waals surface area contributed by atoms with Gasteiger partial charge in [-0.05, 0) is 51.0 Å². The van der Waals surface area contributed by atoms with E-state index < -0.39 is 35.1 Å². The van der Waals surface area contributed by atoms with Crippen molar-refractivity contribution < 1.29 is 42.4 Å². The number of aliphatic hydroxyl groups is 1. The summed E-state index contributed by atoms with van der Waals surface area (Å²) >= 11 is 0. The number of aliphatic carboxylic acids is 1. The van der Waals surface area contributed by atoms with E-state index in [4.69, 9.17) is 19.3 Å². The Morgan fingerprint density at radius 2 is 1.91 bits per heavy atom. The molecule has 11 heteroatoms. The van der Waals surface area contributed by atoms with Crippen molar-refractivity contribution in [2.45, 2.75) is 57.3 Å². The molecule has 224 valence electrons. The minimum atomic E-state index is -1.03. The monoisotopic (exact) mass is 594 g/mol. The number of halogens is 3. The summed E-state index contributed by atoms with van der Waals surface area (Å²) in [4.78, 5) is 11.1. The van der Waals surface area contributed by atoms with Crippen LogP contribution in [0.2, 0.25) is 0 Å². The predicted molar refractivity (Wildman–Crippen MR) is 149 cm³/mol. The van der Waals surface area contributed by atoms with Crippen LogP contribution in [-0.4, -0.2) is 38.2 Å². The summed E-state index contributed by atoms with van der Waals surface area (Å²) in [6.45, 7) is 3.66. The second-order valence-corrected chi connectivity index (χ2v) is 11.5. The van der Waals surface area contributed by atoms with Gasteiger partial charge < -0.3 is 24.4 Å². The fraction of sp³-hybridized carbons (Fsp3) is 0.312. The zero-order valence-corrected chi connectivity index (χ0v) is 23.4. The summed E-state index contributed by atoms with van der Waals surface area (Å²) in [6.07, 6.45) is 3.02. The molecule has 0 saturated carbocycles. The Bertz CT molecular complexity index is 1710. The molecule has 0 amide bonds. The Morgan fingerprint density at radius 1 is 1.09 bits per heavy atom. The quantitative estimate of drug-likeness (QED) is 0.227. The molecule has 4 aromatic rings. The molecule has 3 aromatic carbocycles. The maximum Gasteiger partial charge on any atom is 0.304 e. The molecule has 8 nitrogen and oxygen atoms in total. The van der Waals surface area contributed by atoms with Crippen LogP contribution in [0.5, 0.6) is 23.0 Å². The lowest BCUT2D eigenvalue weighted by Crippen LogP contribution is -2.26. The minimum absolute atomic E-state index is 0.0164. The highest BCUT2D eigenvalue weighted by atomic mass is 19.1. The smallest absolute Gasteiger partial charge is 0.304 e. The maximum absolute atomic E-state index is 15.2. The van der Waals surface area contributed by atoms with Gasteiger partial charge in [-0.2, -0.15) is 5.10 Å². The first kappa shape index (κ1) is 28.6. The Morgan fingerprint density at radius 3 is 2.67 bits per heavy atom. The number of hydrogen-bond donors (Lipinski definition) is 2. The van der Waals surface area contributed by atoms with Gasteiger partial charge in [0, 0.05) is 52.1 Å². The van der Waals surface area contributed by atoms with Crippen LogP contribution in [0.25, 0.3) is 11.1 Å². The molecule has 0 radical (unpaired) electrons. The van der Waals surface area contributed by atoms with Gasteiger partial charge in [0.05, 0.1) is 31.4 Å². The van der Waals surface area contributed by atoms with Crippen molar-refractivity contribution in [3.05, 3.63) is 89.0 Å². The summed E-state index contributed by atoms with van der Waals surface area (Å²) in [7, 11) is 0. The van der Waals surface area contributed by atoms with E-state index in [0.29, 0.717) is 35.5 Å². The highest BCUT2D eigenvalue weighted by molar-refractivity contribution is 5.69. The zero-order valence-electron chi connectivity index (χ0n) is 23.4. The SMILES string of the molecule is CC(C)(O)Cn1cc(-c2cc(F)c(Oc3ccc(F)c4c3CC[C@H]4Oc3ccc4c(c3)OC[C@H]4CC(=O)O)cc2F)cn1. The van der Waals surface area contributed by atoms with E-state index in [2.05, 4.69) is 5.10 Å². The van der Waals surface area contributed by atoms with Gasteiger partial charge in [0.2, 0.25) is 0 Å². The summed E-state index contributed by atoms with van der Waals surface area (Å²) in [5.41, 5.74) is 0.848. The minimum Gasteiger partial charge on any atom is -0.492 e. The first-order valence-corrected chi connectivity index (χ1v) is 13.8. The first-order valence-electron chi connectivity index (χ1n) is 13.8. The fourth-order valence-corrected chi connectivity index (χ4v) is 5.66. The molecule has 1 aliphatic carbocycles. The fourth-order valence-electron chi connectivity index (χ4n) is 5.66. The van der Waals surface area contributed by atoms with Crippen molar-refractivity contribution in [1.29, 1.82) is 0 Å². The van der Waals surface area contributed by atoms with Gasteiger partial charge >= 0.3 is 5.97 Å². The third kappa shape index (κ3) is 5.90. The molecule has 0 unspecified atom stereocenters. The Hall–Kier alpha value is -4.51. The van der Waals surface area contributed by atoms with Crippen LogP contribution in [-0.2, 0) is 17.8 Å². The molecule has 2 aliphatic rings. The second kappa shape index (κ2) is 11.0. The van der Waals surface area contributed by atoms with E-state index in [-0.39, 0.29) is 48.1 Å². The topological polar surface area (TPSA) is 103 Å². The standard InChI is InChI=1S/C32H29F3N2O6/c1-32(2,40)16-37-14-18(13-36-37)22-11-25(35)29(12-24(22)34)43-26-8-6-23(33)31-21(26)5-7-27(31)42-19-3-4-20-17(9-30(38)39)15-41-28(20)10-19/h3-4,6,8,10-14,17,27,40H,5,7,9,15-16H2,1-2H3,(H,38,39)/t17-,27-/m1/s1. The van der Waals surface area contributed by atoms with Gasteiger partial charge in [-0.3, -0.25) is 9.48 Å². The number of benzene rings is 3. The van der Waals surface area contributed by atoms with Crippen LogP contribution in [0, 0.1) is 17.5 Å². The number of rotatable bonds is 9. The van der Waals surface area contributed by atoms with E-state index in [1.807, 2.05) is 0 Å². The lowest BCUT2D eigenvalue weighted by Gasteiger charge is -2.17. The third-order valence-electron chi connectivity index (χ3n) is 7.54. The number of ether oxygens (including phenoxy) is 3. The van der Waals surface area contributed by atoms with Crippen LogP contribution in [0.4, 0.5) is 13.2 Å². The lowest BCUT2D eigenvalue weighted by molar-refractivity contribution is -0.137. The van der Waals surface area contributed by atoms with Crippen molar-refractivity contribution in [2.24, 2.45) is 0 Å². The highest BCUT2D eigenvalue weighted by Crippen LogP contribution is 2.45. The number of fused-ring (bicyclic) bond motifs is 2. The number of aromatic nitrogens is 2. The molecule has 2 heterocycles. The molecular formula is C32H29F3N2O6. The van der Waals surface area contributed by atoms with Crippen LogP contribution >= 0.6 is 0 Å². The molecule has 2 N–H and O–H groups in total. The van der Waals surface area contributed by atoms with Crippen molar-refractivity contribution in [3.8, 4) is 34.1 Å². The van der Waals surface area contributed by atoms with Crippen molar-refractivity contribution in [3.63, 3.8) is 0 Å². The summed E-state index contributed by atoms with van der Waals surface area (Å²) in [5, 5.41) is 23.2. The average Bonchev–Trinajstić information content (AvgIpc) is 3.66. The molecular weight excluding hydrogens is 565 g/mol. The van der Waals surface area contributed by atoms with Crippen LogP contribution < -0.4 is 14.2 Å². The number of carboxylic acids is 1. The highest BCUT2D eigenvalue weighted by Gasteiger charge is 2.32. The van der Waals surface area contributed by atoms with Crippen molar-refractivity contribution in [2.75, 3.05) is 6.61 Å². The van der Waals surface area contributed by atoms with Gasteiger partial charge in [0.25, 0.3) is 0 Å². The molecule has 2 atom stereocenters. The largest absolute Gasteiger partial charge is 0.492 e.